The zero-order chi connectivity index (χ0) is 16.9. The number of nitrogens with zero attached hydrogens (tertiary/aromatic N) is 2. The fraction of sp³-hybridized carbons (Fsp3) is 0.529. The lowest BCUT2D eigenvalue weighted by molar-refractivity contribution is 0.110. The van der Waals surface area contributed by atoms with Gasteiger partial charge >= 0.3 is 6.03 Å². The number of aryl methyl sites for hydroxylation is 1. The maximum absolute atomic E-state index is 12.5. The van der Waals surface area contributed by atoms with Crippen molar-refractivity contribution >= 4 is 22.5 Å². The molecule has 2 unspecified atom stereocenters. The summed E-state index contributed by atoms with van der Waals surface area (Å²) < 4.78 is 5.25. The monoisotopic (exact) mass is 349 g/mol. The number of nitrogens with one attached hydrogen (secondary N) is 1. The van der Waals surface area contributed by atoms with E-state index in [1.807, 2.05) is 5.38 Å². The Bertz CT molecular complexity index is 656. The standard InChI is InChI=1S/C17H23N3O3S/c1-2-5-12-11-24-16(18-12)19-17(22)20-8-3-6-13(20)10-14(21)15-7-4-9-23-15/h4,7,9,11,13-14,21H,2-3,5-6,8,10H2,1H3,(H,18,19,22). The van der Waals surface area contributed by atoms with Crippen molar-refractivity contribution in [3.8, 4) is 0 Å². The van der Waals surface area contributed by atoms with Crippen LogP contribution < -0.4 is 5.32 Å². The van der Waals surface area contributed by atoms with Crippen LogP contribution in [0.2, 0.25) is 0 Å². The van der Waals surface area contributed by atoms with E-state index in [0.717, 1.165) is 31.4 Å². The van der Waals surface area contributed by atoms with Gasteiger partial charge in [0.05, 0.1) is 12.0 Å². The van der Waals surface area contributed by atoms with Gasteiger partial charge in [0.1, 0.15) is 11.9 Å². The first-order valence-electron chi connectivity index (χ1n) is 8.41. The summed E-state index contributed by atoms with van der Waals surface area (Å²) >= 11 is 1.46. The third kappa shape index (κ3) is 3.96. The molecular formula is C17H23N3O3S. The number of aliphatic hydroxyl groups excluding tert-OH is 1. The highest BCUT2D eigenvalue weighted by Crippen LogP contribution is 2.28. The molecule has 2 atom stereocenters. The lowest BCUT2D eigenvalue weighted by Crippen LogP contribution is -2.39. The minimum absolute atomic E-state index is 0.0141. The summed E-state index contributed by atoms with van der Waals surface area (Å²) in [5.74, 6) is 0.548. The molecule has 2 N–H and O–H groups in total. The fourth-order valence-corrected chi connectivity index (χ4v) is 3.84. The van der Waals surface area contributed by atoms with E-state index in [1.165, 1.54) is 11.3 Å². The van der Waals surface area contributed by atoms with E-state index in [-0.39, 0.29) is 12.1 Å². The quantitative estimate of drug-likeness (QED) is 0.831. The first kappa shape index (κ1) is 17.0. The molecule has 2 aromatic rings. The van der Waals surface area contributed by atoms with Gasteiger partial charge in [0.2, 0.25) is 0 Å². The van der Waals surface area contributed by atoms with Crippen LogP contribution in [-0.2, 0) is 6.42 Å². The molecular weight excluding hydrogens is 326 g/mol. The Morgan fingerprint density at radius 2 is 2.50 bits per heavy atom. The first-order chi connectivity index (χ1) is 11.7. The summed E-state index contributed by atoms with van der Waals surface area (Å²) in [4.78, 5) is 18.8. The molecule has 24 heavy (non-hydrogen) atoms. The van der Waals surface area contributed by atoms with E-state index in [0.29, 0.717) is 23.9 Å². The highest BCUT2D eigenvalue weighted by Gasteiger charge is 2.31. The number of urea groups is 1. The smallest absolute Gasteiger partial charge is 0.323 e. The molecule has 0 radical (unpaired) electrons. The number of hydrogen-bond acceptors (Lipinski definition) is 5. The maximum atomic E-state index is 12.5. The largest absolute Gasteiger partial charge is 0.467 e. The molecule has 7 heteroatoms. The molecule has 2 aromatic heterocycles. The summed E-state index contributed by atoms with van der Waals surface area (Å²) in [5.41, 5.74) is 1.02. The average molecular weight is 349 g/mol. The average Bonchev–Trinajstić information content (AvgIpc) is 3.28. The molecule has 0 spiro atoms. The highest BCUT2D eigenvalue weighted by molar-refractivity contribution is 7.13. The Labute approximate surface area is 145 Å². The number of amides is 2. The number of anilines is 1. The molecule has 6 nitrogen and oxygen atoms in total. The molecule has 3 rings (SSSR count). The number of carbonyl (C=O) groups excluding carboxylic acids is 1. The Morgan fingerprint density at radius 1 is 1.62 bits per heavy atom. The van der Waals surface area contributed by atoms with Crippen LogP contribution >= 0.6 is 11.3 Å². The normalized spacial score (nSPS) is 18.8. The van der Waals surface area contributed by atoms with E-state index >= 15 is 0 Å². The van der Waals surface area contributed by atoms with Crippen LogP contribution in [0.5, 0.6) is 0 Å². The van der Waals surface area contributed by atoms with Gasteiger partial charge in [-0.05, 0) is 31.4 Å². The van der Waals surface area contributed by atoms with Crippen molar-refractivity contribution in [3.05, 3.63) is 35.2 Å². The summed E-state index contributed by atoms with van der Waals surface area (Å²) in [5, 5.41) is 15.8. The number of furan rings is 1. The molecule has 130 valence electrons. The van der Waals surface area contributed by atoms with Crippen LogP contribution in [0.1, 0.15) is 50.2 Å². The van der Waals surface area contributed by atoms with Crippen molar-refractivity contribution in [3.63, 3.8) is 0 Å². The summed E-state index contributed by atoms with van der Waals surface area (Å²) in [6.07, 6.45) is 5.15. The van der Waals surface area contributed by atoms with E-state index in [2.05, 4.69) is 17.2 Å². The van der Waals surface area contributed by atoms with Gasteiger partial charge in [0, 0.05) is 24.4 Å². The molecule has 3 heterocycles. The highest BCUT2D eigenvalue weighted by atomic mass is 32.1. The SMILES string of the molecule is CCCc1csc(NC(=O)N2CCCC2CC(O)c2ccco2)n1. The van der Waals surface area contributed by atoms with E-state index in [9.17, 15) is 9.90 Å². The number of thiazole rings is 1. The van der Waals surface area contributed by atoms with Gasteiger partial charge in [-0.25, -0.2) is 9.78 Å². The zero-order valence-electron chi connectivity index (χ0n) is 13.8. The van der Waals surface area contributed by atoms with Gasteiger partial charge in [-0.1, -0.05) is 13.3 Å². The second-order valence-corrected chi connectivity index (χ2v) is 6.94. The van der Waals surface area contributed by atoms with Crippen molar-refractivity contribution in [1.82, 2.24) is 9.88 Å². The number of rotatable bonds is 6. The Hall–Kier alpha value is -1.86. The van der Waals surface area contributed by atoms with Crippen molar-refractivity contribution in [1.29, 1.82) is 0 Å². The van der Waals surface area contributed by atoms with E-state index in [1.54, 1.807) is 23.3 Å². The second kappa shape index (κ2) is 7.81. The number of hydrogen-bond donors (Lipinski definition) is 2. The zero-order valence-corrected chi connectivity index (χ0v) is 14.6. The Kier molecular flexibility index (Phi) is 5.52. The minimum atomic E-state index is -0.686. The molecule has 2 amide bonds. The molecule has 1 saturated heterocycles. The van der Waals surface area contributed by atoms with Crippen LogP contribution in [-0.4, -0.2) is 33.6 Å². The third-order valence-electron chi connectivity index (χ3n) is 4.28. The number of carbonyl (C=O) groups is 1. The molecule has 0 aliphatic carbocycles. The third-order valence-corrected chi connectivity index (χ3v) is 5.08. The summed E-state index contributed by atoms with van der Waals surface area (Å²) in [6.45, 7) is 2.81. The van der Waals surface area contributed by atoms with Crippen LogP contribution in [0.3, 0.4) is 0 Å². The first-order valence-corrected chi connectivity index (χ1v) is 9.28. The van der Waals surface area contributed by atoms with Crippen molar-refractivity contribution in [2.75, 3.05) is 11.9 Å². The number of aliphatic hydroxyl groups is 1. The molecule has 0 saturated carbocycles. The van der Waals surface area contributed by atoms with Crippen molar-refractivity contribution in [2.45, 2.75) is 51.2 Å². The number of aromatic nitrogens is 1. The number of likely N-dealkylation sites (tertiary alicyclic amines) is 1. The predicted molar refractivity (Wildman–Crippen MR) is 93.1 cm³/mol. The van der Waals surface area contributed by atoms with Gasteiger partial charge in [-0.3, -0.25) is 5.32 Å². The summed E-state index contributed by atoms with van der Waals surface area (Å²) in [6, 6.07) is 3.39. The van der Waals surface area contributed by atoms with Crippen LogP contribution in [0.15, 0.2) is 28.2 Å². The minimum Gasteiger partial charge on any atom is -0.467 e. The molecule has 1 aliphatic heterocycles. The van der Waals surface area contributed by atoms with Crippen LogP contribution in [0.4, 0.5) is 9.93 Å². The fourth-order valence-electron chi connectivity index (χ4n) is 3.10. The van der Waals surface area contributed by atoms with Crippen molar-refractivity contribution < 1.29 is 14.3 Å². The predicted octanol–water partition coefficient (Wildman–Crippen LogP) is 3.81. The van der Waals surface area contributed by atoms with Crippen LogP contribution in [0, 0.1) is 0 Å². The van der Waals surface area contributed by atoms with E-state index in [4.69, 9.17) is 4.42 Å². The Morgan fingerprint density at radius 3 is 3.25 bits per heavy atom. The van der Waals surface area contributed by atoms with Gasteiger partial charge in [-0.15, -0.1) is 11.3 Å². The molecule has 1 fully saturated rings. The lowest BCUT2D eigenvalue weighted by Gasteiger charge is -2.25. The molecule has 0 bridgehead atoms. The molecule has 0 aromatic carbocycles. The topological polar surface area (TPSA) is 78.6 Å². The second-order valence-electron chi connectivity index (χ2n) is 6.08. The maximum Gasteiger partial charge on any atom is 0.323 e. The van der Waals surface area contributed by atoms with E-state index < -0.39 is 6.10 Å². The Balaban J connectivity index is 1.58. The van der Waals surface area contributed by atoms with Gasteiger partial charge in [0.15, 0.2) is 5.13 Å². The van der Waals surface area contributed by atoms with Gasteiger partial charge in [0.25, 0.3) is 0 Å². The van der Waals surface area contributed by atoms with Crippen molar-refractivity contribution in [2.24, 2.45) is 0 Å². The molecule has 1 aliphatic rings. The van der Waals surface area contributed by atoms with Crippen LogP contribution in [0.25, 0.3) is 0 Å². The lowest BCUT2D eigenvalue weighted by atomic mass is 10.1. The van der Waals surface area contributed by atoms with Gasteiger partial charge in [-0.2, -0.15) is 0 Å². The summed E-state index contributed by atoms with van der Waals surface area (Å²) in [7, 11) is 0. The van der Waals surface area contributed by atoms with Gasteiger partial charge < -0.3 is 14.4 Å².